The molecule has 0 amide bonds. The summed E-state index contributed by atoms with van der Waals surface area (Å²) in [5.74, 6) is 0.912. The first-order valence-electron chi connectivity index (χ1n) is 5.15. The Morgan fingerprint density at radius 1 is 1.14 bits per heavy atom. The Morgan fingerprint density at radius 3 is 2.07 bits per heavy atom. The van der Waals surface area contributed by atoms with Crippen LogP contribution in [0.2, 0.25) is 0 Å². The van der Waals surface area contributed by atoms with Gasteiger partial charge < -0.3 is 0 Å². The molecule has 0 aromatic heterocycles. The molecular formula is C13H18O. The Balaban J connectivity index is 2.63. The zero-order chi connectivity index (χ0) is 10.6. The highest BCUT2D eigenvalue weighted by atomic mass is 16.1. The third-order valence-corrected chi connectivity index (χ3v) is 2.12. The Kier molecular flexibility index (Phi) is 3.87. The van der Waals surface area contributed by atoms with E-state index in [9.17, 15) is 4.79 Å². The minimum absolute atomic E-state index is 0.224. The van der Waals surface area contributed by atoms with Crippen molar-refractivity contribution in [2.24, 2.45) is 5.92 Å². The van der Waals surface area contributed by atoms with Crippen molar-refractivity contribution in [2.75, 3.05) is 0 Å². The second-order valence-corrected chi connectivity index (χ2v) is 4.29. The third kappa shape index (κ3) is 3.73. The van der Waals surface area contributed by atoms with Crippen LogP contribution in [0.3, 0.4) is 0 Å². The highest BCUT2D eigenvalue weighted by Gasteiger charge is 1.99. The SMILES string of the molecule is CC(=O)Cc1ccc(CC(C)C)cc1. The van der Waals surface area contributed by atoms with Crippen LogP contribution >= 0.6 is 0 Å². The number of ketones is 1. The summed E-state index contributed by atoms with van der Waals surface area (Å²) >= 11 is 0. The molecular weight excluding hydrogens is 172 g/mol. The summed E-state index contributed by atoms with van der Waals surface area (Å²) in [6, 6.07) is 8.36. The van der Waals surface area contributed by atoms with Crippen LogP contribution in [0, 0.1) is 5.92 Å². The zero-order valence-electron chi connectivity index (χ0n) is 9.21. The Morgan fingerprint density at radius 2 is 1.64 bits per heavy atom. The van der Waals surface area contributed by atoms with E-state index >= 15 is 0 Å². The Bertz CT molecular complexity index is 296. The lowest BCUT2D eigenvalue weighted by Crippen LogP contribution is -1.97. The molecule has 0 aliphatic carbocycles. The van der Waals surface area contributed by atoms with Crippen molar-refractivity contribution in [3.63, 3.8) is 0 Å². The standard InChI is InChI=1S/C13H18O/c1-10(2)8-12-4-6-13(7-5-12)9-11(3)14/h4-7,10H,8-9H2,1-3H3. The third-order valence-electron chi connectivity index (χ3n) is 2.12. The molecule has 0 aliphatic rings. The van der Waals surface area contributed by atoms with E-state index in [-0.39, 0.29) is 5.78 Å². The van der Waals surface area contributed by atoms with Gasteiger partial charge in [-0.1, -0.05) is 38.1 Å². The van der Waals surface area contributed by atoms with Gasteiger partial charge in [-0.2, -0.15) is 0 Å². The van der Waals surface area contributed by atoms with Gasteiger partial charge in [-0.25, -0.2) is 0 Å². The molecule has 0 unspecified atom stereocenters. The van der Waals surface area contributed by atoms with Gasteiger partial charge in [0.15, 0.2) is 0 Å². The fourth-order valence-electron chi connectivity index (χ4n) is 1.55. The smallest absolute Gasteiger partial charge is 0.134 e. The van der Waals surface area contributed by atoms with Crippen LogP contribution < -0.4 is 0 Å². The topological polar surface area (TPSA) is 17.1 Å². The molecule has 76 valence electrons. The van der Waals surface area contributed by atoms with E-state index in [0.717, 1.165) is 12.0 Å². The van der Waals surface area contributed by atoms with E-state index in [2.05, 4.69) is 38.1 Å². The molecule has 1 aromatic rings. The van der Waals surface area contributed by atoms with Crippen molar-refractivity contribution in [1.29, 1.82) is 0 Å². The first-order chi connectivity index (χ1) is 6.58. The molecule has 0 N–H and O–H groups in total. The molecule has 0 spiro atoms. The van der Waals surface area contributed by atoms with Gasteiger partial charge in [0.2, 0.25) is 0 Å². The number of rotatable bonds is 4. The fraction of sp³-hybridized carbons (Fsp3) is 0.462. The number of hydrogen-bond acceptors (Lipinski definition) is 1. The molecule has 1 rings (SSSR count). The quantitative estimate of drug-likeness (QED) is 0.713. The van der Waals surface area contributed by atoms with Crippen molar-refractivity contribution < 1.29 is 4.79 Å². The first kappa shape index (κ1) is 11.0. The molecule has 0 fully saturated rings. The summed E-state index contributed by atoms with van der Waals surface area (Å²) < 4.78 is 0. The molecule has 0 bridgehead atoms. The van der Waals surface area contributed by atoms with Gasteiger partial charge in [-0.3, -0.25) is 4.79 Å². The molecule has 14 heavy (non-hydrogen) atoms. The number of benzene rings is 1. The molecule has 0 atom stereocenters. The summed E-state index contributed by atoms with van der Waals surface area (Å²) in [5, 5.41) is 0. The lowest BCUT2D eigenvalue weighted by Gasteiger charge is -2.05. The maximum Gasteiger partial charge on any atom is 0.134 e. The van der Waals surface area contributed by atoms with Crippen LogP contribution in [0.15, 0.2) is 24.3 Å². The molecule has 0 saturated heterocycles. The normalized spacial score (nSPS) is 10.6. The monoisotopic (exact) mass is 190 g/mol. The summed E-state index contributed by atoms with van der Waals surface area (Å²) in [6.07, 6.45) is 1.67. The average molecular weight is 190 g/mol. The fourth-order valence-corrected chi connectivity index (χ4v) is 1.55. The molecule has 0 saturated carbocycles. The molecule has 0 heterocycles. The molecule has 1 aromatic carbocycles. The predicted octanol–water partition coefficient (Wildman–Crippen LogP) is 3.02. The highest BCUT2D eigenvalue weighted by Crippen LogP contribution is 2.10. The van der Waals surface area contributed by atoms with Gasteiger partial charge >= 0.3 is 0 Å². The minimum atomic E-state index is 0.224. The van der Waals surface area contributed by atoms with Gasteiger partial charge in [-0.15, -0.1) is 0 Å². The Hall–Kier alpha value is -1.11. The zero-order valence-corrected chi connectivity index (χ0v) is 9.21. The maximum atomic E-state index is 10.9. The average Bonchev–Trinajstić information content (AvgIpc) is 2.06. The van der Waals surface area contributed by atoms with Crippen LogP contribution in [0.25, 0.3) is 0 Å². The maximum absolute atomic E-state index is 10.9. The van der Waals surface area contributed by atoms with Crippen molar-refractivity contribution in [3.8, 4) is 0 Å². The first-order valence-corrected chi connectivity index (χ1v) is 5.15. The van der Waals surface area contributed by atoms with Crippen molar-refractivity contribution in [2.45, 2.75) is 33.6 Å². The summed E-state index contributed by atoms with van der Waals surface area (Å²) in [5.41, 5.74) is 2.47. The lowest BCUT2D eigenvalue weighted by molar-refractivity contribution is -0.116. The van der Waals surface area contributed by atoms with Gasteiger partial charge in [0.25, 0.3) is 0 Å². The van der Waals surface area contributed by atoms with Crippen molar-refractivity contribution >= 4 is 5.78 Å². The van der Waals surface area contributed by atoms with Gasteiger partial charge in [0.1, 0.15) is 5.78 Å². The van der Waals surface area contributed by atoms with E-state index in [1.807, 2.05) is 0 Å². The number of carbonyl (C=O) groups excluding carboxylic acids is 1. The van der Waals surface area contributed by atoms with Gasteiger partial charge in [-0.05, 0) is 30.4 Å². The van der Waals surface area contributed by atoms with Gasteiger partial charge in [0.05, 0.1) is 0 Å². The lowest BCUT2D eigenvalue weighted by atomic mass is 10.0. The highest BCUT2D eigenvalue weighted by molar-refractivity contribution is 5.78. The molecule has 0 radical (unpaired) electrons. The second-order valence-electron chi connectivity index (χ2n) is 4.29. The Labute approximate surface area is 86.1 Å². The summed E-state index contributed by atoms with van der Waals surface area (Å²) in [7, 11) is 0. The van der Waals surface area contributed by atoms with Crippen LogP contribution in [-0.2, 0) is 17.6 Å². The summed E-state index contributed by atoms with van der Waals surface area (Å²) in [6.45, 7) is 6.05. The van der Waals surface area contributed by atoms with Crippen LogP contribution in [0.5, 0.6) is 0 Å². The number of hydrogen-bond donors (Lipinski definition) is 0. The predicted molar refractivity (Wildman–Crippen MR) is 59.4 cm³/mol. The largest absolute Gasteiger partial charge is 0.300 e. The number of Topliss-reactive ketones (excluding diaryl/α,β-unsaturated/α-hetero) is 1. The van der Waals surface area contributed by atoms with Crippen molar-refractivity contribution in [1.82, 2.24) is 0 Å². The van der Waals surface area contributed by atoms with Crippen molar-refractivity contribution in [3.05, 3.63) is 35.4 Å². The van der Waals surface area contributed by atoms with Crippen LogP contribution in [0.1, 0.15) is 31.9 Å². The van der Waals surface area contributed by atoms with E-state index in [4.69, 9.17) is 0 Å². The van der Waals surface area contributed by atoms with E-state index in [0.29, 0.717) is 12.3 Å². The molecule has 1 nitrogen and oxygen atoms in total. The minimum Gasteiger partial charge on any atom is -0.300 e. The molecule has 1 heteroatoms. The summed E-state index contributed by atoms with van der Waals surface area (Å²) in [4.78, 5) is 10.9. The molecule has 0 aliphatic heterocycles. The number of carbonyl (C=O) groups is 1. The van der Waals surface area contributed by atoms with E-state index in [1.165, 1.54) is 5.56 Å². The van der Waals surface area contributed by atoms with Crippen LogP contribution in [0.4, 0.5) is 0 Å². The van der Waals surface area contributed by atoms with Crippen LogP contribution in [-0.4, -0.2) is 5.78 Å². The van der Waals surface area contributed by atoms with E-state index in [1.54, 1.807) is 6.92 Å². The second kappa shape index (κ2) is 4.94. The van der Waals surface area contributed by atoms with Gasteiger partial charge in [0, 0.05) is 6.42 Å². The van der Waals surface area contributed by atoms with E-state index < -0.39 is 0 Å².